The van der Waals surface area contributed by atoms with E-state index in [0.717, 1.165) is 17.2 Å². The molecule has 1 atom stereocenters. The first-order chi connectivity index (χ1) is 8.61. The number of nitrogens with one attached hydrogen (secondary N) is 1. The molecule has 0 bridgehead atoms. The summed E-state index contributed by atoms with van der Waals surface area (Å²) in [4.78, 5) is 14.9. The third-order valence-corrected chi connectivity index (χ3v) is 3.58. The summed E-state index contributed by atoms with van der Waals surface area (Å²) in [5, 5.41) is 14.8. The summed E-state index contributed by atoms with van der Waals surface area (Å²) >= 11 is 1.55. The summed E-state index contributed by atoms with van der Waals surface area (Å²) in [6.45, 7) is 4.36. The zero-order chi connectivity index (χ0) is 13.4. The second-order valence-electron chi connectivity index (χ2n) is 4.58. The van der Waals surface area contributed by atoms with Crippen LogP contribution in [0.15, 0.2) is 5.38 Å². The molecule has 1 unspecified atom stereocenters. The first-order valence-corrected chi connectivity index (χ1v) is 7.42. The highest BCUT2D eigenvalue weighted by molar-refractivity contribution is 7.13. The van der Waals surface area contributed by atoms with E-state index in [1.807, 2.05) is 5.38 Å². The molecule has 0 saturated carbocycles. The molecular formula is C13H22N2O2S. The van der Waals surface area contributed by atoms with Gasteiger partial charge in [0.05, 0.1) is 12.1 Å². The molecule has 0 aliphatic rings. The van der Waals surface area contributed by atoms with E-state index >= 15 is 0 Å². The van der Waals surface area contributed by atoms with Crippen LogP contribution in [0.5, 0.6) is 0 Å². The highest BCUT2D eigenvalue weighted by Gasteiger charge is 2.07. The monoisotopic (exact) mass is 270 g/mol. The summed E-state index contributed by atoms with van der Waals surface area (Å²) < 4.78 is 0. The van der Waals surface area contributed by atoms with Gasteiger partial charge in [0.15, 0.2) is 5.13 Å². The Kier molecular flexibility index (Phi) is 6.72. The lowest BCUT2D eigenvalue weighted by Gasteiger charge is -2.11. The third-order valence-electron chi connectivity index (χ3n) is 2.76. The lowest BCUT2D eigenvalue weighted by atomic mass is 10.1. The van der Waals surface area contributed by atoms with E-state index in [4.69, 9.17) is 5.11 Å². The van der Waals surface area contributed by atoms with Crippen LogP contribution in [0, 0.1) is 0 Å². The van der Waals surface area contributed by atoms with Gasteiger partial charge in [-0.3, -0.25) is 4.79 Å². The van der Waals surface area contributed by atoms with Crippen molar-refractivity contribution in [2.45, 2.75) is 58.4 Å². The van der Waals surface area contributed by atoms with Crippen LogP contribution in [0.25, 0.3) is 0 Å². The summed E-state index contributed by atoms with van der Waals surface area (Å²) in [6, 6.07) is 0.426. The third kappa shape index (κ3) is 6.00. The van der Waals surface area contributed by atoms with Crippen molar-refractivity contribution in [3.8, 4) is 0 Å². The second kappa shape index (κ2) is 8.08. The molecule has 0 amide bonds. The van der Waals surface area contributed by atoms with Gasteiger partial charge in [-0.2, -0.15) is 0 Å². The molecule has 1 rings (SSSR count). The standard InChI is InChI=1S/C13H22N2O2S/c1-3-4-5-6-10(2)14-13-15-11(9-18-13)7-8-12(16)17/h9-10H,3-8H2,1-2H3,(H,14,15)(H,16,17). The van der Waals surface area contributed by atoms with E-state index < -0.39 is 5.97 Å². The second-order valence-corrected chi connectivity index (χ2v) is 5.44. The van der Waals surface area contributed by atoms with Crippen LogP contribution < -0.4 is 5.32 Å². The molecule has 0 spiro atoms. The molecule has 0 radical (unpaired) electrons. The Morgan fingerprint density at radius 3 is 3.00 bits per heavy atom. The van der Waals surface area contributed by atoms with Gasteiger partial charge in [-0.15, -0.1) is 11.3 Å². The minimum absolute atomic E-state index is 0.148. The summed E-state index contributed by atoms with van der Waals surface area (Å²) in [6.07, 6.45) is 5.56. The quantitative estimate of drug-likeness (QED) is 0.674. The zero-order valence-corrected chi connectivity index (χ0v) is 11.9. The Bertz CT molecular complexity index is 366. The Morgan fingerprint density at radius 1 is 1.56 bits per heavy atom. The number of nitrogens with zero attached hydrogens (tertiary/aromatic N) is 1. The van der Waals surface area contributed by atoms with Gasteiger partial charge in [-0.25, -0.2) is 4.98 Å². The van der Waals surface area contributed by atoms with Gasteiger partial charge in [-0.1, -0.05) is 26.2 Å². The fraction of sp³-hybridized carbons (Fsp3) is 0.692. The lowest BCUT2D eigenvalue weighted by Crippen LogP contribution is -2.14. The predicted molar refractivity (Wildman–Crippen MR) is 75.3 cm³/mol. The number of carboxylic acids is 1. The number of hydrogen-bond acceptors (Lipinski definition) is 4. The number of aliphatic carboxylic acids is 1. The Balaban J connectivity index is 2.31. The van der Waals surface area contributed by atoms with Gasteiger partial charge in [0.2, 0.25) is 0 Å². The molecule has 0 fully saturated rings. The summed E-state index contributed by atoms with van der Waals surface area (Å²) in [5.41, 5.74) is 0.866. The van der Waals surface area contributed by atoms with E-state index in [1.165, 1.54) is 19.3 Å². The van der Waals surface area contributed by atoms with Gasteiger partial charge >= 0.3 is 5.97 Å². The maximum atomic E-state index is 10.5. The van der Waals surface area contributed by atoms with Gasteiger partial charge in [0, 0.05) is 17.8 Å². The molecule has 1 aromatic heterocycles. The van der Waals surface area contributed by atoms with Gasteiger partial charge in [0.1, 0.15) is 0 Å². The van der Waals surface area contributed by atoms with E-state index in [9.17, 15) is 4.79 Å². The van der Waals surface area contributed by atoms with Crippen LogP contribution in [-0.2, 0) is 11.2 Å². The van der Waals surface area contributed by atoms with Crippen molar-refractivity contribution in [2.75, 3.05) is 5.32 Å². The Morgan fingerprint density at radius 2 is 2.33 bits per heavy atom. The number of thiazole rings is 1. The molecule has 0 saturated heterocycles. The predicted octanol–water partition coefficient (Wildman–Crippen LogP) is 3.54. The average Bonchev–Trinajstić information content (AvgIpc) is 2.74. The molecule has 1 heterocycles. The van der Waals surface area contributed by atoms with E-state index in [1.54, 1.807) is 11.3 Å². The van der Waals surface area contributed by atoms with Crippen LogP contribution in [0.1, 0.15) is 51.6 Å². The van der Waals surface area contributed by atoms with Crippen LogP contribution in [0.3, 0.4) is 0 Å². The maximum absolute atomic E-state index is 10.5. The van der Waals surface area contributed by atoms with Crippen molar-refractivity contribution < 1.29 is 9.90 Å². The Hall–Kier alpha value is -1.10. The molecule has 18 heavy (non-hydrogen) atoms. The maximum Gasteiger partial charge on any atom is 0.303 e. The fourth-order valence-corrected chi connectivity index (χ4v) is 2.56. The van der Waals surface area contributed by atoms with E-state index in [2.05, 4.69) is 24.1 Å². The number of anilines is 1. The van der Waals surface area contributed by atoms with E-state index in [-0.39, 0.29) is 6.42 Å². The van der Waals surface area contributed by atoms with Crippen LogP contribution in [0.4, 0.5) is 5.13 Å². The minimum Gasteiger partial charge on any atom is -0.481 e. The summed E-state index contributed by atoms with van der Waals surface area (Å²) in [5.74, 6) is -0.773. The highest BCUT2D eigenvalue weighted by atomic mass is 32.1. The van der Waals surface area contributed by atoms with Crippen molar-refractivity contribution in [3.63, 3.8) is 0 Å². The number of hydrogen-bond donors (Lipinski definition) is 2. The van der Waals surface area contributed by atoms with Crippen molar-refractivity contribution in [1.82, 2.24) is 4.98 Å². The van der Waals surface area contributed by atoms with Gasteiger partial charge in [0.25, 0.3) is 0 Å². The van der Waals surface area contributed by atoms with Crippen molar-refractivity contribution in [2.24, 2.45) is 0 Å². The summed E-state index contributed by atoms with van der Waals surface area (Å²) in [7, 11) is 0. The van der Waals surface area contributed by atoms with Gasteiger partial charge < -0.3 is 10.4 Å². The fourth-order valence-electron chi connectivity index (χ4n) is 1.71. The number of carbonyl (C=O) groups is 1. The average molecular weight is 270 g/mol. The molecule has 102 valence electrons. The molecule has 2 N–H and O–H groups in total. The highest BCUT2D eigenvalue weighted by Crippen LogP contribution is 2.18. The number of aromatic nitrogens is 1. The molecule has 1 aromatic rings. The molecule has 0 aliphatic carbocycles. The molecule has 0 aromatic carbocycles. The normalized spacial score (nSPS) is 12.3. The van der Waals surface area contributed by atoms with Crippen molar-refractivity contribution in [3.05, 3.63) is 11.1 Å². The van der Waals surface area contributed by atoms with E-state index in [0.29, 0.717) is 12.5 Å². The number of aryl methyl sites for hydroxylation is 1. The van der Waals surface area contributed by atoms with Crippen LogP contribution in [0.2, 0.25) is 0 Å². The topological polar surface area (TPSA) is 62.2 Å². The van der Waals surface area contributed by atoms with Crippen LogP contribution >= 0.6 is 11.3 Å². The lowest BCUT2D eigenvalue weighted by molar-refractivity contribution is -0.136. The number of carboxylic acid groups (broad SMARTS) is 1. The Labute approximate surface area is 112 Å². The van der Waals surface area contributed by atoms with Crippen molar-refractivity contribution >= 4 is 22.4 Å². The number of rotatable bonds is 9. The van der Waals surface area contributed by atoms with Crippen molar-refractivity contribution in [1.29, 1.82) is 0 Å². The van der Waals surface area contributed by atoms with Gasteiger partial charge in [-0.05, 0) is 13.3 Å². The number of unbranched alkanes of at least 4 members (excludes halogenated alkanes) is 2. The largest absolute Gasteiger partial charge is 0.481 e. The smallest absolute Gasteiger partial charge is 0.303 e. The molecule has 4 nitrogen and oxygen atoms in total. The molecule has 5 heteroatoms. The first kappa shape index (κ1) is 15.0. The first-order valence-electron chi connectivity index (χ1n) is 6.54. The minimum atomic E-state index is -0.773. The molecular weight excluding hydrogens is 248 g/mol. The van der Waals surface area contributed by atoms with Crippen LogP contribution in [-0.4, -0.2) is 22.1 Å². The SMILES string of the molecule is CCCCCC(C)Nc1nc(CCC(=O)O)cs1. The molecule has 0 aliphatic heterocycles. The zero-order valence-electron chi connectivity index (χ0n) is 11.1.